The highest BCUT2D eigenvalue weighted by atomic mass is 16.1. The van der Waals surface area contributed by atoms with Gasteiger partial charge in [-0.1, -0.05) is 6.07 Å². The smallest absolute Gasteiger partial charge is 0.196 e. The number of H-pyrrole nitrogens is 1. The van der Waals surface area contributed by atoms with Gasteiger partial charge in [0, 0.05) is 66.6 Å². The number of aromatic amines is 1. The van der Waals surface area contributed by atoms with Crippen molar-refractivity contribution < 1.29 is 4.79 Å². The maximum Gasteiger partial charge on any atom is 0.196 e. The number of hydrogen-bond acceptors (Lipinski definition) is 4. The molecular weight excluding hydrogens is 336 g/mol. The zero-order valence-corrected chi connectivity index (χ0v) is 15.5. The minimum atomic E-state index is -0.0621. The molecule has 0 saturated heterocycles. The lowest BCUT2D eigenvalue weighted by atomic mass is 9.98. The third kappa shape index (κ3) is 3.08. The molecule has 134 valence electrons. The van der Waals surface area contributed by atoms with E-state index < -0.39 is 0 Å². The van der Waals surface area contributed by atoms with E-state index in [-0.39, 0.29) is 5.78 Å². The molecule has 0 amide bonds. The second-order valence-corrected chi connectivity index (χ2v) is 6.79. The van der Waals surface area contributed by atoms with Gasteiger partial charge in [-0.3, -0.25) is 9.78 Å². The molecule has 0 unspecified atom stereocenters. The quantitative estimate of drug-likeness (QED) is 0.556. The van der Waals surface area contributed by atoms with E-state index in [2.05, 4.69) is 45.0 Å². The molecule has 0 spiro atoms. The van der Waals surface area contributed by atoms with Gasteiger partial charge in [-0.15, -0.1) is 0 Å². The lowest BCUT2D eigenvalue weighted by Gasteiger charge is -2.15. The molecule has 0 radical (unpaired) electrons. The number of rotatable bonds is 4. The minimum Gasteiger partial charge on any atom is -0.378 e. The van der Waals surface area contributed by atoms with Crippen molar-refractivity contribution in [3.8, 4) is 11.1 Å². The van der Waals surface area contributed by atoms with Crippen molar-refractivity contribution in [2.75, 3.05) is 19.0 Å². The van der Waals surface area contributed by atoms with Gasteiger partial charge in [0.1, 0.15) is 5.65 Å². The number of hydrogen-bond donors (Lipinski definition) is 1. The van der Waals surface area contributed by atoms with Crippen LogP contribution in [-0.2, 0) is 0 Å². The standard InChI is InChI=1S/C22H20N4O/c1-14-9-17(26(2)3)6-7-18(14)16-10-19-20(13-25-22(19)24-12-16)21(27)15-5-4-8-23-11-15/h4-13H,1-3H3,(H,24,25). The number of carbonyl (C=O) groups is 1. The van der Waals surface area contributed by atoms with Crippen LogP contribution in [0.4, 0.5) is 5.69 Å². The molecule has 1 aromatic carbocycles. The Labute approximate surface area is 157 Å². The molecule has 1 N–H and O–H groups in total. The van der Waals surface area contributed by atoms with Crippen LogP contribution in [0.25, 0.3) is 22.2 Å². The number of anilines is 1. The number of fused-ring (bicyclic) bond motifs is 1. The highest BCUT2D eigenvalue weighted by Gasteiger charge is 2.16. The van der Waals surface area contributed by atoms with Crippen LogP contribution in [0.5, 0.6) is 0 Å². The fourth-order valence-electron chi connectivity index (χ4n) is 3.24. The third-order valence-corrected chi connectivity index (χ3v) is 4.74. The van der Waals surface area contributed by atoms with Crippen molar-refractivity contribution in [2.45, 2.75) is 6.92 Å². The molecule has 0 aliphatic heterocycles. The van der Waals surface area contributed by atoms with E-state index in [1.807, 2.05) is 26.4 Å². The Hall–Kier alpha value is -3.47. The molecule has 4 rings (SSSR count). The third-order valence-electron chi connectivity index (χ3n) is 4.74. The van der Waals surface area contributed by atoms with Gasteiger partial charge in [0.15, 0.2) is 5.78 Å². The summed E-state index contributed by atoms with van der Waals surface area (Å²) in [6.07, 6.45) is 6.81. The first-order valence-corrected chi connectivity index (χ1v) is 8.75. The summed E-state index contributed by atoms with van der Waals surface area (Å²) in [5.74, 6) is -0.0621. The fraction of sp³-hybridized carbons (Fsp3) is 0.136. The molecule has 0 atom stereocenters. The lowest BCUT2D eigenvalue weighted by molar-refractivity contribution is 0.104. The molecule has 0 aliphatic rings. The van der Waals surface area contributed by atoms with E-state index in [1.165, 1.54) is 0 Å². The maximum atomic E-state index is 12.9. The Morgan fingerprint density at radius 1 is 1.11 bits per heavy atom. The van der Waals surface area contributed by atoms with Crippen LogP contribution in [0.15, 0.2) is 61.2 Å². The maximum absolute atomic E-state index is 12.9. The van der Waals surface area contributed by atoms with Gasteiger partial charge in [0.25, 0.3) is 0 Å². The average Bonchev–Trinajstić information content (AvgIpc) is 3.11. The number of aryl methyl sites for hydroxylation is 1. The molecule has 4 aromatic rings. The van der Waals surface area contributed by atoms with Crippen LogP contribution >= 0.6 is 0 Å². The van der Waals surface area contributed by atoms with Crippen LogP contribution in [0.3, 0.4) is 0 Å². The molecule has 5 heteroatoms. The van der Waals surface area contributed by atoms with E-state index in [1.54, 1.807) is 30.7 Å². The molecule has 0 saturated carbocycles. The summed E-state index contributed by atoms with van der Waals surface area (Å²) in [5.41, 5.74) is 6.29. The summed E-state index contributed by atoms with van der Waals surface area (Å²) < 4.78 is 0. The van der Waals surface area contributed by atoms with Crippen LogP contribution in [0.2, 0.25) is 0 Å². The summed E-state index contributed by atoms with van der Waals surface area (Å²) in [6.45, 7) is 2.09. The highest BCUT2D eigenvalue weighted by Crippen LogP contribution is 2.30. The van der Waals surface area contributed by atoms with Gasteiger partial charge in [0.05, 0.1) is 0 Å². The normalized spacial score (nSPS) is 10.9. The Morgan fingerprint density at radius 3 is 2.67 bits per heavy atom. The zero-order valence-electron chi connectivity index (χ0n) is 15.5. The molecule has 0 bridgehead atoms. The Bertz CT molecular complexity index is 1130. The SMILES string of the molecule is Cc1cc(N(C)C)ccc1-c1cnc2[nH]cc(C(=O)c3cccnc3)c2c1. The highest BCUT2D eigenvalue weighted by molar-refractivity contribution is 6.16. The van der Waals surface area contributed by atoms with Gasteiger partial charge in [-0.25, -0.2) is 4.98 Å². The lowest BCUT2D eigenvalue weighted by Crippen LogP contribution is -2.08. The van der Waals surface area contributed by atoms with Gasteiger partial charge < -0.3 is 9.88 Å². The van der Waals surface area contributed by atoms with E-state index in [4.69, 9.17) is 0 Å². The van der Waals surface area contributed by atoms with Crippen molar-refractivity contribution >= 4 is 22.5 Å². The van der Waals surface area contributed by atoms with Crippen LogP contribution in [0.1, 0.15) is 21.5 Å². The monoisotopic (exact) mass is 356 g/mol. The molecule has 3 heterocycles. The number of pyridine rings is 2. The van der Waals surface area contributed by atoms with Crippen LogP contribution < -0.4 is 4.90 Å². The van der Waals surface area contributed by atoms with E-state index >= 15 is 0 Å². The summed E-state index contributed by atoms with van der Waals surface area (Å²) in [4.78, 5) is 26.6. The Balaban J connectivity index is 1.80. The van der Waals surface area contributed by atoms with E-state index in [0.717, 1.165) is 27.8 Å². The van der Waals surface area contributed by atoms with E-state index in [9.17, 15) is 4.79 Å². The molecule has 27 heavy (non-hydrogen) atoms. The average molecular weight is 356 g/mol. The number of aromatic nitrogens is 3. The van der Waals surface area contributed by atoms with Gasteiger partial charge in [-0.2, -0.15) is 0 Å². The zero-order chi connectivity index (χ0) is 19.0. The van der Waals surface area contributed by atoms with Crippen LogP contribution in [-0.4, -0.2) is 34.8 Å². The molecule has 0 fully saturated rings. The summed E-state index contributed by atoms with van der Waals surface area (Å²) in [5, 5.41) is 0.817. The summed E-state index contributed by atoms with van der Waals surface area (Å²) in [6, 6.07) is 11.9. The Morgan fingerprint density at radius 2 is 1.96 bits per heavy atom. The van der Waals surface area contributed by atoms with Crippen molar-refractivity contribution in [2.24, 2.45) is 0 Å². The first-order chi connectivity index (χ1) is 13.0. The van der Waals surface area contributed by atoms with Crippen LogP contribution in [0, 0.1) is 6.92 Å². The number of benzene rings is 1. The molecule has 0 aliphatic carbocycles. The number of nitrogens with zero attached hydrogens (tertiary/aromatic N) is 3. The van der Waals surface area contributed by atoms with Crippen molar-refractivity contribution in [3.05, 3.63) is 77.9 Å². The number of carbonyl (C=O) groups excluding carboxylic acids is 1. The van der Waals surface area contributed by atoms with Gasteiger partial charge in [-0.05, 0) is 48.4 Å². The Kier molecular flexibility index (Phi) is 4.20. The predicted molar refractivity (Wildman–Crippen MR) is 108 cm³/mol. The van der Waals surface area contributed by atoms with Gasteiger partial charge in [0.2, 0.25) is 0 Å². The molecule has 5 nitrogen and oxygen atoms in total. The molecule has 3 aromatic heterocycles. The second kappa shape index (κ2) is 6.68. The first-order valence-electron chi connectivity index (χ1n) is 8.75. The van der Waals surface area contributed by atoms with Gasteiger partial charge >= 0.3 is 0 Å². The summed E-state index contributed by atoms with van der Waals surface area (Å²) in [7, 11) is 4.05. The number of ketones is 1. The van der Waals surface area contributed by atoms with Crippen molar-refractivity contribution in [1.82, 2.24) is 15.0 Å². The minimum absolute atomic E-state index is 0.0621. The fourth-order valence-corrected chi connectivity index (χ4v) is 3.24. The predicted octanol–water partition coefficient (Wildman–Crippen LogP) is 4.23. The number of nitrogens with one attached hydrogen (secondary N) is 1. The second-order valence-electron chi connectivity index (χ2n) is 6.79. The van der Waals surface area contributed by atoms with Crippen molar-refractivity contribution in [3.63, 3.8) is 0 Å². The largest absolute Gasteiger partial charge is 0.378 e. The summed E-state index contributed by atoms with van der Waals surface area (Å²) >= 11 is 0. The first kappa shape index (κ1) is 17.0. The topological polar surface area (TPSA) is 61.9 Å². The van der Waals surface area contributed by atoms with Crippen molar-refractivity contribution in [1.29, 1.82) is 0 Å². The van der Waals surface area contributed by atoms with E-state index in [0.29, 0.717) is 16.8 Å². The molecular formula is C22H20N4O.